The molecular weight excluding hydrogens is 805 g/mol. The van der Waals surface area contributed by atoms with Gasteiger partial charge in [0.05, 0.1) is 64.5 Å². The van der Waals surface area contributed by atoms with E-state index in [2.05, 4.69) is 16.7 Å². The van der Waals surface area contributed by atoms with Crippen LogP contribution in [-0.2, 0) is 14.4 Å². The molecule has 0 radical (unpaired) electrons. The van der Waals surface area contributed by atoms with Gasteiger partial charge in [0.2, 0.25) is 0 Å². The summed E-state index contributed by atoms with van der Waals surface area (Å²) in [6, 6.07) is -2.09. The average molecular weight is 851 g/mol. The van der Waals surface area contributed by atoms with Crippen molar-refractivity contribution in [1.29, 1.82) is 0 Å². The molecule has 3 heterocycles. The number of benzene rings is 5. The smallest absolute Gasteiger partial charge is 0.329 e. The summed E-state index contributed by atoms with van der Waals surface area (Å²) in [6.07, 6.45) is 6.06. The number of hydrogen-bond acceptors (Lipinski definition) is 13. The van der Waals surface area contributed by atoms with E-state index in [-0.39, 0.29) is 40.1 Å². The number of aliphatic carboxylic acids is 2. The number of allylic oxidation sites excluding steroid dienone is 1. The topological polar surface area (TPSA) is 188 Å². The number of anilines is 2. The summed E-state index contributed by atoms with van der Waals surface area (Å²) in [6.45, 7) is 10.8. The van der Waals surface area contributed by atoms with Gasteiger partial charge in [0, 0.05) is 65.0 Å². The van der Waals surface area contributed by atoms with Gasteiger partial charge >= 0.3 is 11.9 Å². The Hall–Kier alpha value is -5.15. The predicted molar refractivity (Wildman–Crippen MR) is 234 cm³/mol. The van der Waals surface area contributed by atoms with Crippen molar-refractivity contribution in [2.75, 3.05) is 32.0 Å². The summed E-state index contributed by atoms with van der Waals surface area (Å²) < 4.78 is 17.3. The normalized spacial score (nSPS) is 24.5. The highest BCUT2D eigenvalue weighted by atomic mass is 32.2. The molecule has 5 unspecified atom stereocenters. The van der Waals surface area contributed by atoms with Crippen LogP contribution in [0.4, 0.5) is 11.4 Å². The first-order chi connectivity index (χ1) is 28.5. The first-order valence-corrected chi connectivity index (χ1v) is 21.9. The van der Waals surface area contributed by atoms with Crippen molar-refractivity contribution >= 4 is 102 Å². The number of carboxylic acid groups (broad SMARTS) is 2. The standard InChI is InChI=1S/C45H46N4O9S2/c1-15-14-17-21-22-24-27(37(58-9)39-33(49-41(43(54)55)45(5,6)60-39)29(24)34(51)35(56-7)25(22)20(15)16(2)50)26-23(21)28(31-30(17)46-18-12-10-11-13-19(18)47-31)32-38(36(26)57-8)59-44(3,4)40(48-32)42(52)53/h14,18-20,40-41,46-47,51H,10-13H2,1-9H3,(H,52,53)(H,54,55). The van der Waals surface area contributed by atoms with Crippen molar-refractivity contribution < 1.29 is 43.9 Å². The molecule has 312 valence electrons. The second kappa shape index (κ2) is 12.9. The maximum Gasteiger partial charge on any atom is 0.329 e. The highest BCUT2D eigenvalue weighted by Gasteiger charge is 2.47. The molecule has 1 fully saturated rings. The molecule has 60 heavy (non-hydrogen) atoms. The third-order valence-electron chi connectivity index (χ3n) is 13.4. The van der Waals surface area contributed by atoms with Crippen LogP contribution in [0.3, 0.4) is 0 Å². The molecule has 2 aliphatic carbocycles. The van der Waals surface area contributed by atoms with Gasteiger partial charge in [-0.1, -0.05) is 24.5 Å². The van der Waals surface area contributed by atoms with Crippen LogP contribution >= 0.6 is 23.5 Å². The third kappa shape index (κ3) is 4.93. The van der Waals surface area contributed by atoms with Crippen molar-refractivity contribution in [2.24, 2.45) is 9.98 Å². The molecule has 0 bridgehead atoms. The summed E-state index contributed by atoms with van der Waals surface area (Å²) in [5.41, 5.74) is 3.61. The number of rotatable bonds is 6. The maximum atomic E-state index is 14.1. The number of ether oxygens (including phenoxy) is 3. The fraction of sp³-hybridized carbons (Fsp3) is 0.444. The Morgan fingerprint density at radius 3 is 1.67 bits per heavy atom. The minimum Gasteiger partial charge on any atom is -0.504 e. The predicted octanol–water partition coefficient (Wildman–Crippen LogP) is 7.62. The van der Waals surface area contributed by atoms with Crippen LogP contribution < -0.4 is 35.6 Å². The zero-order valence-corrected chi connectivity index (χ0v) is 36.4. The molecule has 5 N–H and O–H groups in total. The molecule has 10 rings (SSSR count). The molecule has 5 aromatic carbocycles. The zero-order chi connectivity index (χ0) is 42.6. The number of carbonyl (C=O) groups excluding carboxylic acids is 1. The Morgan fingerprint density at radius 2 is 1.18 bits per heavy atom. The Morgan fingerprint density at radius 1 is 0.700 bits per heavy atom. The van der Waals surface area contributed by atoms with Gasteiger partial charge in [-0.15, -0.1) is 23.5 Å². The highest BCUT2D eigenvalue weighted by molar-refractivity contribution is 8.01. The van der Waals surface area contributed by atoms with Crippen LogP contribution in [0.2, 0.25) is 0 Å². The Balaban J connectivity index is 1.61. The van der Waals surface area contributed by atoms with Crippen molar-refractivity contribution in [1.82, 2.24) is 0 Å². The summed E-state index contributed by atoms with van der Waals surface area (Å²) in [5.74, 6) is -2.49. The molecule has 0 aromatic heterocycles. The zero-order valence-electron chi connectivity index (χ0n) is 34.8. The van der Waals surface area contributed by atoms with Gasteiger partial charge in [-0.3, -0.25) is 14.8 Å². The number of methoxy groups -OCH3 is 3. The van der Waals surface area contributed by atoms with E-state index < -0.39 is 39.4 Å². The van der Waals surface area contributed by atoms with E-state index in [0.29, 0.717) is 59.1 Å². The van der Waals surface area contributed by atoms with E-state index in [1.54, 1.807) is 14.2 Å². The van der Waals surface area contributed by atoms with Gasteiger partial charge in [-0.25, -0.2) is 9.59 Å². The van der Waals surface area contributed by atoms with E-state index in [0.717, 1.165) is 59.0 Å². The van der Waals surface area contributed by atoms with E-state index in [1.165, 1.54) is 37.6 Å². The molecule has 1 saturated carbocycles. The van der Waals surface area contributed by atoms with Gasteiger partial charge in [0.25, 0.3) is 0 Å². The number of aromatic hydroxyl groups is 1. The molecule has 0 amide bonds. The highest BCUT2D eigenvalue weighted by Crippen LogP contribution is 2.62. The SMILES string of the molecule is COc1c(O)c2c3c(c(OC)c4c5c(OC)c6c(c7c8c(c9c(c(c1C(C(C)=O)C(C)=C9)c24)c75)NC1CCCCC1N8)=NC(C(=O)O)C(C)(C)S6)SC(C)(C)C(C(=O)O)N=3. The van der Waals surface area contributed by atoms with Crippen LogP contribution in [0, 0.1) is 0 Å². The Bertz CT molecular complexity index is 3010. The molecule has 5 atom stereocenters. The average Bonchev–Trinajstić information content (AvgIpc) is 3.32. The fourth-order valence-electron chi connectivity index (χ4n) is 10.9. The molecule has 5 aliphatic rings. The summed E-state index contributed by atoms with van der Waals surface area (Å²) in [7, 11) is 4.61. The Kier molecular flexibility index (Phi) is 8.41. The number of phenolic OH excluding ortho intramolecular Hbond substituents is 1. The number of carboxylic acids is 2. The lowest BCUT2D eigenvalue weighted by Crippen LogP contribution is -2.46. The van der Waals surface area contributed by atoms with E-state index in [9.17, 15) is 29.7 Å². The largest absolute Gasteiger partial charge is 0.504 e. The van der Waals surface area contributed by atoms with E-state index >= 15 is 0 Å². The number of phenols is 1. The van der Waals surface area contributed by atoms with E-state index in [4.69, 9.17) is 24.2 Å². The first kappa shape index (κ1) is 39.0. The molecule has 3 aliphatic heterocycles. The van der Waals surface area contributed by atoms with Gasteiger partial charge in [-0.2, -0.15) is 0 Å². The maximum absolute atomic E-state index is 14.1. The van der Waals surface area contributed by atoms with Crippen molar-refractivity contribution in [3.05, 3.63) is 27.4 Å². The fourth-order valence-corrected chi connectivity index (χ4v) is 13.6. The number of fused-ring (bicyclic) bond motifs is 9. The number of nitrogens with one attached hydrogen (secondary N) is 2. The molecule has 5 aromatic rings. The monoisotopic (exact) mass is 850 g/mol. The molecule has 0 saturated heterocycles. The minimum atomic E-state index is -1.18. The lowest BCUT2D eigenvalue weighted by atomic mass is 9.79. The second-order valence-electron chi connectivity index (χ2n) is 17.8. The Labute approximate surface area is 353 Å². The number of Topliss-reactive ketones (excluding diaryl/α,β-unsaturated/α-hetero) is 1. The van der Waals surface area contributed by atoms with E-state index in [1.807, 2.05) is 34.6 Å². The van der Waals surface area contributed by atoms with Crippen LogP contribution in [0.25, 0.3) is 49.2 Å². The van der Waals surface area contributed by atoms with Gasteiger partial charge in [0.1, 0.15) is 17.3 Å². The quantitative estimate of drug-likeness (QED) is 0.0830. The minimum absolute atomic E-state index is 0.0825. The molecule has 13 nitrogen and oxygen atoms in total. The first-order valence-electron chi connectivity index (χ1n) is 20.2. The second-order valence-corrected chi connectivity index (χ2v) is 21.1. The lowest BCUT2D eigenvalue weighted by molar-refractivity contribution is -0.140. The number of ketones is 1. The molecular formula is C45H46N4O9S2. The number of carbonyl (C=O) groups is 3. The van der Waals surface area contributed by atoms with Crippen LogP contribution in [0.1, 0.15) is 84.3 Å². The molecule has 15 heteroatoms. The molecule has 0 spiro atoms. The number of thioether (sulfide) groups is 2. The van der Waals surface area contributed by atoms with Gasteiger partial charge in [-0.05, 0) is 59.8 Å². The third-order valence-corrected chi connectivity index (χ3v) is 16.0. The van der Waals surface area contributed by atoms with Crippen LogP contribution in [0.15, 0.2) is 25.3 Å². The van der Waals surface area contributed by atoms with Crippen molar-refractivity contribution in [3.8, 4) is 23.0 Å². The van der Waals surface area contributed by atoms with Crippen molar-refractivity contribution in [3.63, 3.8) is 0 Å². The number of hydrogen-bond donors (Lipinski definition) is 5. The summed E-state index contributed by atoms with van der Waals surface area (Å²) in [5, 5.41) is 47.4. The van der Waals surface area contributed by atoms with Gasteiger partial charge in [0.15, 0.2) is 23.6 Å². The summed E-state index contributed by atoms with van der Waals surface area (Å²) >= 11 is 2.71. The van der Waals surface area contributed by atoms with Crippen LogP contribution in [-0.4, -0.2) is 88.0 Å². The van der Waals surface area contributed by atoms with Crippen LogP contribution in [0.5, 0.6) is 23.0 Å². The summed E-state index contributed by atoms with van der Waals surface area (Å²) in [4.78, 5) is 51.4. The lowest BCUT2D eigenvalue weighted by Gasteiger charge is -2.41. The number of nitrogens with zero attached hydrogens (tertiary/aromatic N) is 2. The van der Waals surface area contributed by atoms with Crippen molar-refractivity contribution in [2.45, 2.75) is 117 Å². The van der Waals surface area contributed by atoms with Gasteiger partial charge < -0.3 is 40.2 Å².